The summed E-state index contributed by atoms with van der Waals surface area (Å²) in [7, 11) is 0. The Bertz CT molecular complexity index is 4560. The predicted molar refractivity (Wildman–Crippen MR) is 305 cm³/mol. The maximum Gasteiger partial charge on any atom is 0.143 e. The van der Waals surface area contributed by atoms with Gasteiger partial charge in [-0.25, -0.2) is 0 Å². The molecule has 0 fully saturated rings. The summed E-state index contributed by atoms with van der Waals surface area (Å²) in [6.45, 7) is 0. The molecule has 0 aliphatic heterocycles. The zero-order valence-electron chi connectivity index (χ0n) is 38.9. The van der Waals surface area contributed by atoms with E-state index in [0.29, 0.717) is 0 Å². The Morgan fingerprint density at radius 2 is 0.514 bits per heavy atom. The molecule has 0 unspecified atom stereocenters. The number of hydrogen-bond acceptors (Lipinski definition) is 2. The lowest BCUT2D eigenvalue weighted by atomic mass is 9.84. The van der Waals surface area contributed by atoms with Crippen molar-refractivity contribution in [2.75, 3.05) is 0 Å². The molecule has 16 rings (SSSR count). The van der Waals surface area contributed by atoms with Crippen LogP contribution in [0.1, 0.15) is 0 Å². The minimum absolute atomic E-state index is 0.906. The summed E-state index contributed by atoms with van der Waals surface area (Å²) in [6.07, 6.45) is 0. The molecule has 16 aromatic rings. The minimum atomic E-state index is 0.906. The van der Waals surface area contributed by atoms with Crippen molar-refractivity contribution in [3.05, 3.63) is 243 Å². The van der Waals surface area contributed by atoms with Crippen LogP contribution in [0.25, 0.3) is 164 Å². The van der Waals surface area contributed by atoms with Crippen molar-refractivity contribution in [2.45, 2.75) is 0 Å². The molecule has 0 amide bonds. The molecule has 0 saturated carbocycles. The lowest BCUT2D eigenvalue weighted by Crippen LogP contribution is -1.92. The van der Waals surface area contributed by atoms with Crippen LogP contribution in [-0.2, 0) is 0 Å². The van der Waals surface area contributed by atoms with Gasteiger partial charge in [0.25, 0.3) is 0 Å². The number of fused-ring (bicyclic) bond motifs is 13. The van der Waals surface area contributed by atoms with Gasteiger partial charge in [-0.05, 0) is 134 Å². The largest absolute Gasteiger partial charge is 0.455 e. The van der Waals surface area contributed by atoms with Gasteiger partial charge in [0.15, 0.2) is 0 Å². The fraction of sp³-hybridized carbons (Fsp3) is 0. The summed E-state index contributed by atoms with van der Waals surface area (Å²) < 4.78 is 13.7. The van der Waals surface area contributed by atoms with Gasteiger partial charge in [0.05, 0.1) is 0 Å². The van der Waals surface area contributed by atoms with Gasteiger partial charge >= 0.3 is 0 Å². The van der Waals surface area contributed by atoms with Crippen molar-refractivity contribution in [1.29, 1.82) is 0 Å². The Balaban J connectivity index is 0.889. The number of para-hydroxylation sites is 2. The lowest BCUT2D eigenvalue weighted by Gasteiger charge is -2.19. The van der Waals surface area contributed by atoms with Crippen LogP contribution in [0.3, 0.4) is 0 Å². The molecule has 332 valence electrons. The molecule has 72 heavy (non-hydrogen) atoms. The van der Waals surface area contributed by atoms with E-state index < -0.39 is 0 Å². The van der Waals surface area contributed by atoms with Gasteiger partial charge in [-0.3, -0.25) is 0 Å². The van der Waals surface area contributed by atoms with Crippen LogP contribution in [0.5, 0.6) is 0 Å². The van der Waals surface area contributed by atoms with Crippen molar-refractivity contribution >= 4 is 119 Å². The molecule has 2 nitrogen and oxygen atoms in total. The van der Waals surface area contributed by atoms with Gasteiger partial charge in [-0.2, -0.15) is 0 Å². The van der Waals surface area contributed by atoms with E-state index in [-0.39, 0.29) is 0 Å². The fourth-order valence-electron chi connectivity index (χ4n) is 12.4. The van der Waals surface area contributed by atoms with E-state index in [4.69, 9.17) is 8.83 Å². The molecule has 0 N–H and O–H groups in total. The Labute approximate surface area is 413 Å². The standard InChI is InChI=1S/C70H40O2/c1-3-17-44-39-63-61(37-42(44)15-1)57-27-13-29-59(69(57)71-63)67-53-23-9-5-19-49(53)65(50-20-6-10-24-54(50)67)46-33-31-41-32-34-47(36-48(41)35-46)66-51-21-7-11-25-55(51)68(56-26-12-8-22-52(56)66)60-30-14-28-58-62-38-43-16-2-4-18-45(43)40-64(62)72-70(58)60/h1-40H. The molecule has 0 aliphatic rings. The van der Waals surface area contributed by atoms with Crippen molar-refractivity contribution in [3.63, 3.8) is 0 Å². The Morgan fingerprint density at radius 3 is 0.889 bits per heavy atom. The predicted octanol–water partition coefficient (Wildman–Crippen LogP) is 20.2. The summed E-state index contributed by atoms with van der Waals surface area (Å²) in [6, 6.07) is 88.9. The van der Waals surface area contributed by atoms with E-state index in [1.54, 1.807) is 0 Å². The average molecular weight is 913 g/mol. The molecule has 0 aliphatic carbocycles. The zero-order valence-corrected chi connectivity index (χ0v) is 38.9. The molecular weight excluding hydrogens is 873 g/mol. The SMILES string of the molecule is c1ccc2cc3c(cc2c1)oc1c(-c2c4ccccc4c(-c4ccc5ccc(-c6c7ccccc7c(-c7cccc8c7oc7cc9ccccc9cc78)c7ccccc67)cc5c4)c4ccccc24)cccc13. The first-order valence-corrected chi connectivity index (χ1v) is 24.8. The third-order valence-electron chi connectivity index (χ3n) is 15.5. The van der Waals surface area contributed by atoms with Crippen LogP contribution in [0, 0.1) is 0 Å². The third kappa shape index (κ3) is 5.66. The monoisotopic (exact) mass is 912 g/mol. The van der Waals surface area contributed by atoms with E-state index in [9.17, 15) is 0 Å². The van der Waals surface area contributed by atoms with Crippen LogP contribution in [-0.4, -0.2) is 0 Å². The molecule has 0 atom stereocenters. The van der Waals surface area contributed by atoms with Crippen LogP contribution in [0.2, 0.25) is 0 Å². The van der Waals surface area contributed by atoms with E-state index >= 15 is 0 Å². The van der Waals surface area contributed by atoms with Crippen molar-refractivity contribution in [1.82, 2.24) is 0 Å². The van der Waals surface area contributed by atoms with Crippen LogP contribution < -0.4 is 0 Å². The number of benzene rings is 14. The highest BCUT2D eigenvalue weighted by Gasteiger charge is 2.23. The van der Waals surface area contributed by atoms with Gasteiger partial charge < -0.3 is 8.83 Å². The summed E-state index contributed by atoms with van der Waals surface area (Å²) in [5, 5.41) is 21.3. The second kappa shape index (κ2) is 15.0. The average Bonchev–Trinajstić information content (AvgIpc) is 3.99. The minimum Gasteiger partial charge on any atom is -0.455 e. The van der Waals surface area contributed by atoms with Crippen LogP contribution in [0.15, 0.2) is 251 Å². The molecule has 0 bridgehead atoms. The quantitative estimate of drug-likeness (QED) is 0.164. The van der Waals surface area contributed by atoms with E-state index in [1.165, 1.54) is 109 Å². The molecule has 0 saturated heterocycles. The zero-order chi connectivity index (χ0) is 47.0. The van der Waals surface area contributed by atoms with E-state index in [1.807, 2.05) is 0 Å². The summed E-state index contributed by atoms with van der Waals surface area (Å²) in [5.41, 5.74) is 13.0. The first-order chi connectivity index (χ1) is 35.7. The fourth-order valence-corrected chi connectivity index (χ4v) is 12.4. The second-order valence-electron chi connectivity index (χ2n) is 19.4. The Kier molecular flexibility index (Phi) is 8.20. The highest BCUT2D eigenvalue weighted by molar-refractivity contribution is 6.27. The van der Waals surface area contributed by atoms with Crippen molar-refractivity contribution in [2.24, 2.45) is 0 Å². The highest BCUT2D eigenvalue weighted by atomic mass is 16.3. The molecule has 2 heterocycles. The van der Waals surface area contributed by atoms with Gasteiger partial charge in [0, 0.05) is 43.8 Å². The molecular formula is C70H40O2. The summed E-state index contributed by atoms with van der Waals surface area (Å²) in [5.74, 6) is 0. The van der Waals surface area contributed by atoms with E-state index in [2.05, 4.69) is 243 Å². The maximum atomic E-state index is 6.87. The van der Waals surface area contributed by atoms with E-state index in [0.717, 1.165) is 55.0 Å². The maximum absolute atomic E-state index is 6.87. The van der Waals surface area contributed by atoms with Crippen molar-refractivity contribution < 1.29 is 8.83 Å². The summed E-state index contributed by atoms with van der Waals surface area (Å²) >= 11 is 0. The topological polar surface area (TPSA) is 26.3 Å². The van der Waals surface area contributed by atoms with Gasteiger partial charge in [0.2, 0.25) is 0 Å². The van der Waals surface area contributed by atoms with Gasteiger partial charge in [-0.1, -0.05) is 206 Å². The Hall–Kier alpha value is -9.50. The van der Waals surface area contributed by atoms with Gasteiger partial charge in [-0.15, -0.1) is 0 Å². The first kappa shape index (κ1) is 39.4. The number of furan rings is 2. The normalized spacial score (nSPS) is 12.2. The van der Waals surface area contributed by atoms with Crippen LogP contribution in [0.4, 0.5) is 0 Å². The third-order valence-corrected chi connectivity index (χ3v) is 15.5. The van der Waals surface area contributed by atoms with Crippen LogP contribution >= 0.6 is 0 Å². The smallest absolute Gasteiger partial charge is 0.143 e. The molecule has 2 heteroatoms. The highest BCUT2D eigenvalue weighted by Crippen LogP contribution is 2.50. The molecule has 14 aromatic carbocycles. The number of rotatable bonds is 4. The lowest BCUT2D eigenvalue weighted by molar-refractivity contribution is 0.670. The van der Waals surface area contributed by atoms with Crippen molar-refractivity contribution in [3.8, 4) is 44.5 Å². The molecule has 0 spiro atoms. The molecule has 2 aromatic heterocycles. The number of hydrogen-bond donors (Lipinski definition) is 0. The molecule has 0 radical (unpaired) electrons. The van der Waals surface area contributed by atoms with Gasteiger partial charge in [0.1, 0.15) is 22.3 Å². The first-order valence-electron chi connectivity index (χ1n) is 24.8. The summed E-state index contributed by atoms with van der Waals surface area (Å²) in [4.78, 5) is 0. The Morgan fingerprint density at radius 1 is 0.194 bits per heavy atom. The second-order valence-corrected chi connectivity index (χ2v) is 19.4.